The molecule has 1 aromatic rings. The number of hydrogen-bond acceptors (Lipinski definition) is 1. The SMILES string of the molecule is CC[SiH](CC)CC.Cc1ccn([C@@H]2CCCC[C@H]2N)c1. The van der Waals surface area contributed by atoms with Crippen LogP contribution in [0.3, 0.4) is 0 Å². The quantitative estimate of drug-likeness (QED) is 0.814. The molecule has 2 atom stereocenters. The van der Waals surface area contributed by atoms with Crippen molar-refractivity contribution >= 4 is 8.80 Å². The zero-order valence-corrected chi connectivity index (χ0v) is 15.1. The highest BCUT2D eigenvalue weighted by Crippen LogP contribution is 2.27. The number of nitrogens with zero attached hydrogens (tertiary/aromatic N) is 1. The second kappa shape index (κ2) is 9.40. The molecule has 20 heavy (non-hydrogen) atoms. The lowest BCUT2D eigenvalue weighted by atomic mass is 9.91. The van der Waals surface area contributed by atoms with E-state index in [0.717, 1.165) is 0 Å². The van der Waals surface area contributed by atoms with Crippen LogP contribution in [-0.4, -0.2) is 19.4 Å². The van der Waals surface area contributed by atoms with Crippen LogP contribution in [-0.2, 0) is 0 Å². The average molecular weight is 295 g/mol. The first-order valence-corrected chi connectivity index (χ1v) is 11.0. The third-order valence-electron chi connectivity index (χ3n) is 4.76. The Labute approximate surface area is 127 Å². The molecule has 1 heterocycles. The Morgan fingerprint density at radius 2 is 1.75 bits per heavy atom. The van der Waals surface area contributed by atoms with E-state index in [-0.39, 0.29) is 8.80 Å². The molecule has 0 aliphatic heterocycles. The van der Waals surface area contributed by atoms with Crippen LogP contribution in [0.1, 0.15) is 58.1 Å². The number of nitrogens with two attached hydrogens (primary N) is 1. The van der Waals surface area contributed by atoms with Crippen molar-refractivity contribution in [2.45, 2.75) is 83.6 Å². The fourth-order valence-corrected chi connectivity index (χ4v) is 4.84. The van der Waals surface area contributed by atoms with Gasteiger partial charge in [0.2, 0.25) is 0 Å². The summed E-state index contributed by atoms with van der Waals surface area (Å²) in [5, 5.41) is 0. The van der Waals surface area contributed by atoms with Gasteiger partial charge in [-0.1, -0.05) is 51.7 Å². The van der Waals surface area contributed by atoms with Crippen LogP contribution >= 0.6 is 0 Å². The van der Waals surface area contributed by atoms with Crippen molar-refractivity contribution in [2.24, 2.45) is 5.73 Å². The third kappa shape index (κ3) is 5.45. The summed E-state index contributed by atoms with van der Waals surface area (Å²) >= 11 is 0. The molecule has 0 saturated heterocycles. The van der Waals surface area contributed by atoms with Crippen LogP contribution in [0.5, 0.6) is 0 Å². The lowest BCUT2D eigenvalue weighted by Gasteiger charge is -2.29. The number of aromatic nitrogens is 1. The van der Waals surface area contributed by atoms with Crippen LogP contribution in [0, 0.1) is 6.92 Å². The van der Waals surface area contributed by atoms with Gasteiger partial charge in [0.05, 0.1) is 0 Å². The van der Waals surface area contributed by atoms with Gasteiger partial charge < -0.3 is 10.3 Å². The summed E-state index contributed by atoms with van der Waals surface area (Å²) in [6, 6.07) is 7.54. The molecule has 0 bridgehead atoms. The lowest BCUT2D eigenvalue weighted by Crippen LogP contribution is -2.34. The summed E-state index contributed by atoms with van der Waals surface area (Å²) in [4.78, 5) is 0. The molecule has 2 nitrogen and oxygen atoms in total. The van der Waals surface area contributed by atoms with Gasteiger partial charge in [-0.3, -0.25) is 0 Å². The molecule has 0 amide bonds. The molecular formula is C17H34N2Si. The van der Waals surface area contributed by atoms with Gasteiger partial charge in [-0.25, -0.2) is 0 Å². The topological polar surface area (TPSA) is 30.9 Å². The van der Waals surface area contributed by atoms with Crippen LogP contribution in [0.15, 0.2) is 18.5 Å². The van der Waals surface area contributed by atoms with Crippen molar-refractivity contribution in [3.63, 3.8) is 0 Å². The molecule has 2 N–H and O–H groups in total. The summed E-state index contributed by atoms with van der Waals surface area (Å²) in [5.41, 5.74) is 7.43. The van der Waals surface area contributed by atoms with Crippen molar-refractivity contribution in [3.8, 4) is 0 Å². The first kappa shape index (κ1) is 17.5. The van der Waals surface area contributed by atoms with Crippen LogP contribution in [0.2, 0.25) is 18.1 Å². The molecule has 1 aliphatic rings. The Bertz CT molecular complexity index is 352. The minimum Gasteiger partial charge on any atom is -0.349 e. The molecular weight excluding hydrogens is 260 g/mol. The van der Waals surface area contributed by atoms with E-state index < -0.39 is 0 Å². The number of hydrogen-bond donors (Lipinski definition) is 1. The molecule has 0 aromatic carbocycles. The van der Waals surface area contributed by atoms with E-state index in [4.69, 9.17) is 5.73 Å². The standard InChI is InChI=1S/C11H18N2.C6H16Si/c1-9-6-7-13(8-9)11-5-3-2-4-10(11)12;1-4-7(5-2)6-3/h6-8,10-11H,2-5,12H2,1H3;7H,4-6H2,1-3H3/t10-,11-;/m1./s1. The van der Waals surface area contributed by atoms with Gasteiger partial charge in [0.1, 0.15) is 0 Å². The summed E-state index contributed by atoms with van der Waals surface area (Å²) in [6.45, 7) is 9.10. The molecule has 1 fully saturated rings. The molecule has 2 rings (SSSR count). The van der Waals surface area contributed by atoms with Gasteiger partial charge in [-0.15, -0.1) is 0 Å². The molecule has 0 spiro atoms. The summed E-state index contributed by atoms with van der Waals surface area (Å²) < 4.78 is 2.29. The van der Waals surface area contributed by atoms with Crippen LogP contribution in [0.4, 0.5) is 0 Å². The Morgan fingerprint density at radius 3 is 2.15 bits per heavy atom. The number of rotatable bonds is 4. The van der Waals surface area contributed by atoms with E-state index in [1.54, 1.807) is 0 Å². The minimum absolute atomic E-state index is 0.171. The van der Waals surface area contributed by atoms with E-state index in [0.29, 0.717) is 12.1 Å². The predicted octanol–water partition coefficient (Wildman–Crippen LogP) is 4.51. The van der Waals surface area contributed by atoms with E-state index in [2.05, 4.69) is 50.7 Å². The Balaban J connectivity index is 0.000000246. The van der Waals surface area contributed by atoms with E-state index >= 15 is 0 Å². The maximum absolute atomic E-state index is 6.10. The van der Waals surface area contributed by atoms with Crippen molar-refractivity contribution in [1.29, 1.82) is 0 Å². The Kier molecular flexibility index (Phi) is 8.23. The highest BCUT2D eigenvalue weighted by Gasteiger charge is 2.22. The van der Waals surface area contributed by atoms with E-state index in [1.807, 2.05) is 0 Å². The fourth-order valence-electron chi connectivity index (χ4n) is 3.11. The molecule has 0 radical (unpaired) electrons. The van der Waals surface area contributed by atoms with Crippen molar-refractivity contribution in [1.82, 2.24) is 4.57 Å². The van der Waals surface area contributed by atoms with Crippen LogP contribution < -0.4 is 5.73 Å². The summed E-state index contributed by atoms with van der Waals surface area (Å²) in [5.74, 6) is 0. The molecule has 1 aliphatic carbocycles. The van der Waals surface area contributed by atoms with Crippen LogP contribution in [0.25, 0.3) is 0 Å². The van der Waals surface area contributed by atoms with Crippen molar-refractivity contribution in [2.75, 3.05) is 0 Å². The summed E-state index contributed by atoms with van der Waals surface area (Å²) in [7, 11) is -0.171. The summed E-state index contributed by atoms with van der Waals surface area (Å²) in [6.07, 6.45) is 9.42. The highest BCUT2D eigenvalue weighted by molar-refractivity contribution is 6.58. The maximum Gasteiger partial charge on any atom is 0.0481 e. The zero-order chi connectivity index (χ0) is 15.0. The van der Waals surface area contributed by atoms with E-state index in [1.165, 1.54) is 49.4 Å². The molecule has 1 aromatic heterocycles. The molecule has 3 heteroatoms. The van der Waals surface area contributed by atoms with Gasteiger partial charge in [0.15, 0.2) is 0 Å². The third-order valence-corrected chi connectivity index (χ3v) is 8.22. The van der Waals surface area contributed by atoms with E-state index in [9.17, 15) is 0 Å². The van der Waals surface area contributed by atoms with Crippen molar-refractivity contribution in [3.05, 3.63) is 24.0 Å². The predicted molar refractivity (Wildman–Crippen MR) is 93.2 cm³/mol. The van der Waals surface area contributed by atoms with Crippen molar-refractivity contribution < 1.29 is 0 Å². The first-order chi connectivity index (χ1) is 9.62. The second-order valence-electron chi connectivity index (χ2n) is 6.24. The normalized spacial score (nSPS) is 22.5. The fraction of sp³-hybridized carbons (Fsp3) is 0.765. The molecule has 116 valence electrons. The maximum atomic E-state index is 6.10. The van der Waals surface area contributed by atoms with Gasteiger partial charge in [0, 0.05) is 33.3 Å². The lowest BCUT2D eigenvalue weighted by molar-refractivity contribution is 0.306. The van der Waals surface area contributed by atoms with Gasteiger partial charge in [-0.2, -0.15) is 0 Å². The average Bonchev–Trinajstić information content (AvgIpc) is 2.88. The van der Waals surface area contributed by atoms with Gasteiger partial charge >= 0.3 is 0 Å². The van der Waals surface area contributed by atoms with Gasteiger partial charge in [0.25, 0.3) is 0 Å². The zero-order valence-electron chi connectivity index (χ0n) is 13.9. The Morgan fingerprint density at radius 1 is 1.15 bits per heavy atom. The molecule has 0 unspecified atom stereocenters. The number of aryl methyl sites for hydroxylation is 1. The smallest absolute Gasteiger partial charge is 0.0481 e. The Hall–Kier alpha value is -0.543. The molecule has 1 saturated carbocycles. The van der Waals surface area contributed by atoms with Gasteiger partial charge in [-0.05, 0) is 31.4 Å². The first-order valence-electron chi connectivity index (χ1n) is 8.51. The monoisotopic (exact) mass is 294 g/mol. The second-order valence-corrected chi connectivity index (χ2v) is 10.4. The highest BCUT2D eigenvalue weighted by atomic mass is 28.3. The largest absolute Gasteiger partial charge is 0.349 e. The minimum atomic E-state index is -0.171.